The number of hydrogen-bond donors (Lipinski definition) is 0. The monoisotopic (exact) mass is 407 g/mol. The number of alkyl halides is 3. The fraction of sp³-hybridized carbons (Fsp3) is 0.235. The highest BCUT2D eigenvalue weighted by atomic mass is 19.4. The third kappa shape index (κ3) is 3.95. The summed E-state index contributed by atoms with van der Waals surface area (Å²) in [6.45, 7) is 0.381. The third-order valence-corrected chi connectivity index (χ3v) is 4.12. The molecular weight excluding hydrogens is 395 g/mol. The van der Waals surface area contributed by atoms with Crippen LogP contribution in [0.15, 0.2) is 42.9 Å². The Bertz CT molecular complexity index is 1050. The SMILES string of the molecule is O=[N+]([O-])c1cn2c(n1)OC[C@@H](Oc1cc(-c3ccc(C(F)(F)F)nc3)ccn1)C2. The van der Waals surface area contributed by atoms with Gasteiger partial charge in [-0.2, -0.15) is 13.2 Å². The zero-order valence-corrected chi connectivity index (χ0v) is 14.5. The summed E-state index contributed by atoms with van der Waals surface area (Å²) in [4.78, 5) is 21.5. The summed E-state index contributed by atoms with van der Waals surface area (Å²) in [6, 6.07) is 5.53. The molecular formula is C17H12F3N5O4. The van der Waals surface area contributed by atoms with Crippen molar-refractivity contribution in [1.82, 2.24) is 19.5 Å². The van der Waals surface area contributed by atoms with E-state index in [4.69, 9.17) is 9.47 Å². The molecule has 9 nitrogen and oxygen atoms in total. The van der Waals surface area contributed by atoms with Crippen LogP contribution in [0.5, 0.6) is 11.9 Å². The largest absolute Gasteiger partial charge is 0.469 e. The predicted molar refractivity (Wildman–Crippen MR) is 91.3 cm³/mol. The molecule has 0 amide bonds. The van der Waals surface area contributed by atoms with E-state index in [-0.39, 0.29) is 30.9 Å². The molecule has 29 heavy (non-hydrogen) atoms. The molecule has 0 aromatic carbocycles. The van der Waals surface area contributed by atoms with E-state index in [1.165, 1.54) is 23.0 Å². The van der Waals surface area contributed by atoms with Crippen molar-refractivity contribution in [3.05, 3.63) is 58.7 Å². The van der Waals surface area contributed by atoms with Crippen molar-refractivity contribution in [2.75, 3.05) is 6.61 Å². The van der Waals surface area contributed by atoms with Crippen LogP contribution in [0.25, 0.3) is 11.1 Å². The lowest BCUT2D eigenvalue weighted by Gasteiger charge is -2.22. The molecule has 1 aliphatic heterocycles. The molecule has 1 atom stereocenters. The first-order chi connectivity index (χ1) is 13.8. The van der Waals surface area contributed by atoms with Gasteiger partial charge in [0.2, 0.25) is 5.88 Å². The summed E-state index contributed by atoms with van der Waals surface area (Å²) in [7, 11) is 0. The van der Waals surface area contributed by atoms with Crippen LogP contribution in [0.3, 0.4) is 0 Å². The minimum absolute atomic E-state index is 0.113. The minimum Gasteiger partial charge on any atom is -0.469 e. The molecule has 4 heterocycles. The Balaban J connectivity index is 1.49. The minimum atomic E-state index is -4.51. The average molecular weight is 407 g/mol. The van der Waals surface area contributed by atoms with E-state index in [0.717, 1.165) is 12.3 Å². The number of rotatable bonds is 4. The van der Waals surface area contributed by atoms with Crippen molar-refractivity contribution in [1.29, 1.82) is 0 Å². The Morgan fingerprint density at radius 3 is 2.76 bits per heavy atom. The van der Waals surface area contributed by atoms with Crippen molar-refractivity contribution in [3.63, 3.8) is 0 Å². The molecule has 0 radical (unpaired) electrons. The van der Waals surface area contributed by atoms with Crippen molar-refractivity contribution < 1.29 is 27.6 Å². The van der Waals surface area contributed by atoms with E-state index >= 15 is 0 Å². The van der Waals surface area contributed by atoms with Crippen LogP contribution in [0.4, 0.5) is 19.0 Å². The normalized spacial score (nSPS) is 16.0. The highest BCUT2D eigenvalue weighted by Crippen LogP contribution is 2.30. The number of ether oxygens (including phenoxy) is 2. The molecule has 3 aromatic heterocycles. The van der Waals surface area contributed by atoms with Gasteiger partial charge in [-0.15, -0.1) is 0 Å². The standard InChI is InChI=1S/C17H12F3N5O4/c18-17(19,20)13-2-1-11(6-22-13)10-3-4-21-15(5-10)29-12-7-24-8-14(25(26)27)23-16(24)28-9-12/h1-6,8,12H,7,9H2/t12-/m0/s1. The lowest BCUT2D eigenvalue weighted by Crippen LogP contribution is -2.34. The first kappa shape index (κ1) is 18.7. The smallest absolute Gasteiger partial charge is 0.433 e. The van der Waals surface area contributed by atoms with E-state index < -0.39 is 22.9 Å². The van der Waals surface area contributed by atoms with Gasteiger partial charge in [-0.3, -0.25) is 9.55 Å². The van der Waals surface area contributed by atoms with E-state index in [9.17, 15) is 23.3 Å². The van der Waals surface area contributed by atoms with Gasteiger partial charge in [0.05, 0.1) is 6.54 Å². The van der Waals surface area contributed by atoms with Crippen molar-refractivity contribution >= 4 is 5.82 Å². The topological polar surface area (TPSA) is 105 Å². The molecule has 12 heteroatoms. The second kappa shape index (κ2) is 7.04. The number of imidazole rings is 1. The fourth-order valence-corrected chi connectivity index (χ4v) is 2.79. The van der Waals surface area contributed by atoms with Crippen LogP contribution in [-0.4, -0.2) is 37.2 Å². The van der Waals surface area contributed by atoms with Crippen LogP contribution >= 0.6 is 0 Å². The summed E-state index contributed by atoms with van der Waals surface area (Å²) in [5, 5.41) is 10.8. The van der Waals surface area contributed by atoms with Crippen molar-refractivity contribution in [2.24, 2.45) is 0 Å². The van der Waals surface area contributed by atoms with E-state index in [0.29, 0.717) is 11.1 Å². The molecule has 0 bridgehead atoms. The second-order valence-electron chi connectivity index (χ2n) is 6.15. The summed E-state index contributed by atoms with van der Waals surface area (Å²) in [6.07, 6.45) is -1.15. The van der Waals surface area contributed by atoms with Crippen LogP contribution in [0, 0.1) is 10.1 Å². The molecule has 0 saturated carbocycles. The number of aromatic nitrogens is 4. The number of fused-ring (bicyclic) bond motifs is 1. The number of nitro groups is 1. The fourth-order valence-electron chi connectivity index (χ4n) is 2.79. The van der Waals surface area contributed by atoms with Gasteiger partial charge in [-0.05, 0) is 22.6 Å². The van der Waals surface area contributed by atoms with Gasteiger partial charge in [0.15, 0.2) is 6.10 Å². The van der Waals surface area contributed by atoms with E-state index in [1.54, 1.807) is 12.1 Å². The molecule has 0 fully saturated rings. The van der Waals surface area contributed by atoms with Gasteiger partial charge < -0.3 is 19.6 Å². The van der Waals surface area contributed by atoms with Gasteiger partial charge in [0, 0.05) is 29.0 Å². The molecule has 0 aliphatic carbocycles. The predicted octanol–water partition coefficient (Wildman–Crippen LogP) is 3.11. The first-order valence-electron chi connectivity index (χ1n) is 8.30. The highest BCUT2D eigenvalue weighted by molar-refractivity contribution is 5.63. The van der Waals surface area contributed by atoms with Crippen LogP contribution in [0.2, 0.25) is 0 Å². The maximum atomic E-state index is 12.6. The van der Waals surface area contributed by atoms with Crippen LogP contribution in [-0.2, 0) is 12.7 Å². The summed E-state index contributed by atoms with van der Waals surface area (Å²) < 4.78 is 50.6. The van der Waals surface area contributed by atoms with Crippen LogP contribution in [0.1, 0.15) is 5.69 Å². The zero-order chi connectivity index (χ0) is 20.6. The maximum Gasteiger partial charge on any atom is 0.433 e. The highest BCUT2D eigenvalue weighted by Gasteiger charge is 2.32. The number of hydrogen-bond acceptors (Lipinski definition) is 7. The van der Waals surface area contributed by atoms with Gasteiger partial charge in [0.25, 0.3) is 0 Å². The number of nitrogens with zero attached hydrogens (tertiary/aromatic N) is 5. The first-order valence-corrected chi connectivity index (χ1v) is 8.30. The zero-order valence-electron chi connectivity index (χ0n) is 14.5. The van der Waals surface area contributed by atoms with Gasteiger partial charge in [-0.1, -0.05) is 6.07 Å². The van der Waals surface area contributed by atoms with E-state index in [1.807, 2.05) is 0 Å². The lowest BCUT2D eigenvalue weighted by molar-refractivity contribution is -0.389. The summed E-state index contributed by atoms with van der Waals surface area (Å²) in [5.74, 6) is -0.0929. The Labute approximate surface area is 160 Å². The molecule has 3 aromatic rings. The average Bonchev–Trinajstić information content (AvgIpc) is 3.11. The number of pyridine rings is 2. The van der Waals surface area contributed by atoms with Gasteiger partial charge in [-0.25, -0.2) is 4.98 Å². The molecule has 4 rings (SSSR count). The summed E-state index contributed by atoms with van der Waals surface area (Å²) in [5.41, 5.74) is 0.0703. The molecule has 0 spiro atoms. The molecule has 0 saturated heterocycles. The molecule has 0 unspecified atom stereocenters. The third-order valence-electron chi connectivity index (χ3n) is 4.12. The quantitative estimate of drug-likeness (QED) is 0.483. The Hall–Kier alpha value is -3.70. The number of halogens is 3. The van der Waals surface area contributed by atoms with Crippen LogP contribution < -0.4 is 9.47 Å². The van der Waals surface area contributed by atoms with Crippen molar-refractivity contribution in [3.8, 4) is 23.0 Å². The molecule has 0 N–H and O–H groups in total. The Kier molecular flexibility index (Phi) is 4.53. The molecule has 1 aliphatic rings. The Morgan fingerprint density at radius 1 is 1.24 bits per heavy atom. The Morgan fingerprint density at radius 2 is 2.07 bits per heavy atom. The second-order valence-corrected chi connectivity index (χ2v) is 6.15. The summed E-state index contributed by atoms with van der Waals surface area (Å²) >= 11 is 0. The van der Waals surface area contributed by atoms with E-state index in [2.05, 4.69) is 15.0 Å². The molecule has 150 valence electrons. The van der Waals surface area contributed by atoms with Gasteiger partial charge >= 0.3 is 18.0 Å². The van der Waals surface area contributed by atoms with Crippen molar-refractivity contribution in [2.45, 2.75) is 18.8 Å². The maximum absolute atomic E-state index is 12.6. The van der Waals surface area contributed by atoms with Gasteiger partial charge in [0.1, 0.15) is 18.5 Å². The lowest BCUT2D eigenvalue weighted by atomic mass is 10.1.